The predicted octanol–water partition coefficient (Wildman–Crippen LogP) is 2.60. The third-order valence-electron chi connectivity index (χ3n) is 4.80. The van der Waals surface area contributed by atoms with Gasteiger partial charge in [-0.05, 0) is 51.7 Å². The SMILES string of the molecule is CN=C(NCCCNC(=O)OC(C)(C)C)NCC1CCN(c2cccc(OC)c2)C1. The Bertz CT molecular complexity index is 702. The van der Waals surface area contributed by atoms with Gasteiger partial charge in [0, 0.05) is 51.5 Å². The Labute approximate surface area is 180 Å². The van der Waals surface area contributed by atoms with Gasteiger partial charge < -0.3 is 30.3 Å². The lowest BCUT2D eigenvalue weighted by Gasteiger charge is -2.20. The van der Waals surface area contributed by atoms with Gasteiger partial charge in [-0.15, -0.1) is 0 Å². The molecule has 30 heavy (non-hydrogen) atoms. The maximum Gasteiger partial charge on any atom is 0.407 e. The van der Waals surface area contributed by atoms with Gasteiger partial charge in [0.1, 0.15) is 11.4 Å². The molecule has 1 saturated heterocycles. The number of nitrogens with zero attached hydrogens (tertiary/aromatic N) is 2. The molecular formula is C22H37N5O3. The molecule has 1 heterocycles. The van der Waals surface area contributed by atoms with Crippen molar-refractivity contribution in [2.75, 3.05) is 51.8 Å². The summed E-state index contributed by atoms with van der Waals surface area (Å²) in [4.78, 5) is 18.3. The van der Waals surface area contributed by atoms with Crippen molar-refractivity contribution in [3.05, 3.63) is 24.3 Å². The fourth-order valence-electron chi connectivity index (χ4n) is 3.30. The van der Waals surface area contributed by atoms with E-state index in [9.17, 15) is 4.79 Å². The molecule has 0 aliphatic carbocycles. The van der Waals surface area contributed by atoms with Gasteiger partial charge in [0.2, 0.25) is 0 Å². The number of rotatable bonds is 8. The minimum Gasteiger partial charge on any atom is -0.497 e. The molecule has 1 amide bonds. The van der Waals surface area contributed by atoms with Crippen molar-refractivity contribution in [2.45, 2.75) is 39.2 Å². The van der Waals surface area contributed by atoms with E-state index < -0.39 is 5.60 Å². The molecule has 1 aliphatic heterocycles. The number of hydrogen-bond acceptors (Lipinski definition) is 5. The van der Waals surface area contributed by atoms with Crippen LogP contribution in [0, 0.1) is 5.92 Å². The second kappa shape index (κ2) is 11.5. The fraction of sp³-hybridized carbons (Fsp3) is 0.636. The molecule has 2 rings (SSSR count). The molecule has 1 unspecified atom stereocenters. The quantitative estimate of drug-likeness (QED) is 0.341. The lowest BCUT2D eigenvalue weighted by atomic mass is 10.1. The topological polar surface area (TPSA) is 87.2 Å². The highest BCUT2D eigenvalue weighted by Crippen LogP contribution is 2.26. The van der Waals surface area contributed by atoms with Gasteiger partial charge in [-0.1, -0.05) is 6.07 Å². The van der Waals surface area contributed by atoms with E-state index in [2.05, 4.69) is 38.0 Å². The van der Waals surface area contributed by atoms with Crippen LogP contribution in [0.25, 0.3) is 0 Å². The van der Waals surface area contributed by atoms with E-state index >= 15 is 0 Å². The Kier molecular flexibility index (Phi) is 9.08. The van der Waals surface area contributed by atoms with Gasteiger partial charge in [0.15, 0.2) is 5.96 Å². The first-order valence-corrected chi connectivity index (χ1v) is 10.6. The lowest BCUT2D eigenvalue weighted by molar-refractivity contribution is 0.0527. The average molecular weight is 420 g/mol. The number of amides is 1. The van der Waals surface area contributed by atoms with Gasteiger partial charge >= 0.3 is 6.09 Å². The van der Waals surface area contributed by atoms with Crippen molar-refractivity contribution >= 4 is 17.7 Å². The summed E-state index contributed by atoms with van der Waals surface area (Å²) in [5.74, 6) is 2.23. The summed E-state index contributed by atoms with van der Waals surface area (Å²) in [6.45, 7) is 9.75. The van der Waals surface area contributed by atoms with E-state index in [1.54, 1.807) is 14.2 Å². The third-order valence-corrected chi connectivity index (χ3v) is 4.80. The number of anilines is 1. The number of carbonyl (C=O) groups excluding carboxylic acids is 1. The van der Waals surface area contributed by atoms with Gasteiger partial charge in [-0.25, -0.2) is 4.79 Å². The average Bonchev–Trinajstić information content (AvgIpc) is 3.18. The highest BCUT2D eigenvalue weighted by molar-refractivity contribution is 5.79. The van der Waals surface area contributed by atoms with E-state index in [0.717, 1.165) is 50.7 Å². The summed E-state index contributed by atoms with van der Waals surface area (Å²) >= 11 is 0. The van der Waals surface area contributed by atoms with Crippen LogP contribution in [0.15, 0.2) is 29.3 Å². The molecule has 0 saturated carbocycles. The molecule has 1 fully saturated rings. The lowest BCUT2D eigenvalue weighted by Crippen LogP contribution is -2.41. The van der Waals surface area contributed by atoms with Crippen molar-refractivity contribution in [3.8, 4) is 5.75 Å². The summed E-state index contributed by atoms with van der Waals surface area (Å²) in [6, 6.07) is 8.21. The number of guanidine groups is 1. The summed E-state index contributed by atoms with van der Waals surface area (Å²) in [7, 11) is 3.47. The molecular weight excluding hydrogens is 382 g/mol. The standard InChI is InChI=1S/C22H37N5O3/c1-22(2,3)30-21(28)25-12-7-11-24-20(23-4)26-15-17-10-13-27(16-17)18-8-6-9-19(14-18)29-5/h6,8-9,14,17H,7,10-13,15-16H2,1-5H3,(H,25,28)(H2,23,24,26). The molecule has 0 radical (unpaired) electrons. The van der Waals surface area contributed by atoms with Crippen LogP contribution in [0.2, 0.25) is 0 Å². The van der Waals surface area contributed by atoms with Crippen molar-refractivity contribution in [1.29, 1.82) is 0 Å². The van der Waals surface area contributed by atoms with E-state index in [-0.39, 0.29) is 6.09 Å². The van der Waals surface area contributed by atoms with Crippen LogP contribution in [-0.4, -0.2) is 64.5 Å². The van der Waals surface area contributed by atoms with Crippen LogP contribution < -0.4 is 25.6 Å². The zero-order valence-electron chi connectivity index (χ0n) is 19.0. The third kappa shape index (κ3) is 8.39. The first-order valence-electron chi connectivity index (χ1n) is 10.6. The first kappa shape index (κ1) is 23.6. The minimum absolute atomic E-state index is 0.383. The number of aliphatic imine (C=N–C) groups is 1. The Morgan fingerprint density at radius 2 is 2.00 bits per heavy atom. The zero-order valence-corrected chi connectivity index (χ0v) is 19.0. The molecule has 8 heteroatoms. The molecule has 1 aromatic carbocycles. The molecule has 0 bridgehead atoms. The highest BCUT2D eigenvalue weighted by atomic mass is 16.6. The Morgan fingerprint density at radius 3 is 2.70 bits per heavy atom. The van der Waals surface area contributed by atoms with Crippen molar-refractivity contribution in [3.63, 3.8) is 0 Å². The van der Waals surface area contributed by atoms with E-state index in [1.165, 1.54) is 5.69 Å². The second-order valence-corrected chi connectivity index (χ2v) is 8.46. The number of nitrogens with one attached hydrogen (secondary N) is 3. The van der Waals surface area contributed by atoms with Crippen molar-refractivity contribution in [2.24, 2.45) is 10.9 Å². The predicted molar refractivity (Wildman–Crippen MR) is 122 cm³/mol. The number of ether oxygens (including phenoxy) is 2. The molecule has 1 atom stereocenters. The van der Waals surface area contributed by atoms with Gasteiger partial charge in [-0.2, -0.15) is 0 Å². The fourth-order valence-corrected chi connectivity index (χ4v) is 3.30. The molecule has 3 N–H and O–H groups in total. The highest BCUT2D eigenvalue weighted by Gasteiger charge is 2.23. The Morgan fingerprint density at radius 1 is 1.23 bits per heavy atom. The summed E-state index contributed by atoms with van der Waals surface area (Å²) in [6.07, 6.45) is 1.54. The van der Waals surface area contributed by atoms with Gasteiger partial charge in [0.05, 0.1) is 7.11 Å². The molecule has 1 aromatic rings. The van der Waals surface area contributed by atoms with Crippen LogP contribution in [0.5, 0.6) is 5.75 Å². The Hall–Kier alpha value is -2.64. The largest absolute Gasteiger partial charge is 0.497 e. The number of benzene rings is 1. The molecule has 0 aromatic heterocycles. The summed E-state index contributed by atoms with van der Waals surface area (Å²) in [5, 5.41) is 9.46. The van der Waals surface area contributed by atoms with E-state index in [4.69, 9.17) is 9.47 Å². The summed E-state index contributed by atoms with van der Waals surface area (Å²) in [5.41, 5.74) is 0.730. The normalized spacial score (nSPS) is 16.9. The number of carbonyl (C=O) groups is 1. The number of hydrogen-bond donors (Lipinski definition) is 3. The van der Waals surface area contributed by atoms with Crippen LogP contribution in [0.3, 0.4) is 0 Å². The molecule has 1 aliphatic rings. The zero-order chi connectivity index (χ0) is 22.0. The molecule has 8 nitrogen and oxygen atoms in total. The molecule has 168 valence electrons. The number of methoxy groups -OCH3 is 1. The minimum atomic E-state index is -0.476. The smallest absolute Gasteiger partial charge is 0.407 e. The van der Waals surface area contributed by atoms with Crippen LogP contribution in [0.4, 0.5) is 10.5 Å². The maximum atomic E-state index is 11.6. The Balaban J connectivity index is 1.63. The van der Waals surface area contributed by atoms with Gasteiger partial charge in [-0.3, -0.25) is 4.99 Å². The van der Waals surface area contributed by atoms with Crippen LogP contribution in [0.1, 0.15) is 33.6 Å². The first-order chi connectivity index (χ1) is 14.3. The van der Waals surface area contributed by atoms with Crippen molar-refractivity contribution in [1.82, 2.24) is 16.0 Å². The second-order valence-electron chi connectivity index (χ2n) is 8.46. The van der Waals surface area contributed by atoms with Crippen LogP contribution >= 0.6 is 0 Å². The maximum absolute atomic E-state index is 11.6. The van der Waals surface area contributed by atoms with Crippen molar-refractivity contribution < 1.29 is 14.3 Å². The van der Waals surface area contributed by atoms with E-state index in [0.29, 0.717) is 12.5 Å². The van der Waals surface area contributed by atoms with Crippen LogP contribution in [-0.2, 0) is 4.74 Å². The summed E-state index contributed by atoms with van der Waals surface area (Å²) < 4.78 is 10.5. The van der Waals surface area contributed by atoms with E-state index in [1.807, 2.05) is 32.9 Å². The number of alkyl carbamates (subject to hydrolysis) is 1. The van der Waals surface area contributed by atoms with Gasteiger partial charge in [0.25, 0.3) is 0 Å². The monoisotopic (exact) mass is 419 g/mol. The molecule has 0 spiro atoms.